The van der Waals surface area contributed by atoms with E-state index in [4.69, 9.17) is 0 Å². The third-order valence-electron chi connectivity index (χ3n) is 3.56. The average molecular weight is 371 g/mol. The van der Waals surface area contributed by atoms with Gasteiger partial charge in [0.05, 0.1) is 16.9 Å². The molecule has 4 nitrogen and oxygen atoms in total. The molecule has 0 aliphatic rings. The van der Waals surface area contributed by atoms with Gasteiger partial charge in [-0.15, -0.1) is 0 Å². The van der Waals surface area contributed by atoms with Gasteiger partial charge in [0.25, 0.3) is 0 Å². The van der Waals surface area contributed by atoms with Gasteiger partial charge in [0.15, 0.2) is 11.1 Å². The number of halogens is 3. The first-order valence-corrected chi connectivity index (χ1v) is 8.36. The van der Waals surface area contributed by atoms with Crippen molar-refractivity contribution in [1.29, 1.82) is 0 Å². The van der Waals surface area contributed by atoms with E-state index in [1.807, 2.05) is 0 Å². The zero-order valence-electron chi connectivity index (χ0n) is 13.5. The van der Waals surface area contributed by atoms with Crippen LogP contribution in [0.3, 0.4) is 0 Å². The second-order valence-corrected chi connectivity index (χ2v) is 6.51. The number of aryl methyl sites for hydroxylation is 2. The molecule has 0 saturated carbocycles. The van der Waals surface area contributed by atoms with Crippen molar-refractivity contribution in [2.75, 3.05) is 5.32 Å². The molecule has 2 rings (SSSR count). The number of benzene rings is 2. The number of hydrogen-bond acceptors (Lipinski definition) is 2. The first-order chi connectivity index (χ1) is 11.6. The van der Waals surface area contributed by atoms with E-state index in [0.29, 0.717) is 27.3 Å². The summed E-state index contributed by atoms with van der Waals surface area (Å²) < 4.78 is 58.0. The van der Waals surface area contributed by atoms with Gasteiger partial charge in [-0.05, 0) is 54.8 Å². The van der Waals surface area contributed by atoms with Gasteiger partial charge in [-0.2, -0.15) is 13.2 Å². The molecule has 0 radical (unpaired) electrons. The van der Waals surface area contributed by atoms with Crippen molar-refractivity contribution < 1.29 is 26.7 Å². The highest BCUT2D eigenvalue weighted by Crippen LogP contribution is 2.29. The van der Waals surface area contributed by atoms with E-state index < -0.39 is 28.7 Å². The molecule has 8 heteroatoms. The first kappa shape index (κ1) is 19.1. The summed E-state index contributed by atoms with van der Waals surface area (Å²) in [5, 5.41) is 2.64. The van der Waals surface area contributed by atoms with E-state index in [9.17, 15) is 26.7 Å². The Morgan fingerprint density at radius 1 is 1.12 bits per heavy atom. The summed E-state index contributed by atoms with van der Waals surface area (Å²) >= 11 is -2.12. The Morgan fingerprint density at radius 3 is 2.08 bits per heavy atom. The standard InChI is InChI=1S/C17H16F3NO3S/c1-10-7-14(8-11(2)16(10)25(23)24)21-15(22)9-12-3-5-13(6-4-12)17(18,19)20/h3-8H,9H2,1-2H3,(H,21,22)(H,23,24). The molecule has 0 spiro atoms. The van der Waals surface area contributed by atoms with Crippen LogP contribution in [0.2, 0.25) is 0 Å². The molecule has 1 atom stereocenters. The predicted octanol–water partition coefficient (Wildman–Crippen LogP) is 4.08. The fourth-order valence-corrected chi connectivity index (χ4v) is 3.17. The number of carbonyl (C=O) groups is 1. The summed E-state index contributed by atoms with van der Waals surface area (Å²) in [6.07, 6.45) is -4.49. The van der Waals surface area contributed by atoms with Gasteiger partial charge in [0.2, 0.25) is 5.91 Å². The van der Waals surface area contributed by atoms with Gasteiger partial charge in [-0.3, -0.25) is 4.79 Å². The Morgan fingerprint density at radius 2 is 1.64 bits per heavy atom. The number of rotatable bonds is 4. The van der Waals surface area contributed by atoms with Gasteiger partial charge < -0.3 is 9.87 Å². The van der Waals surface area contributed by atoms with E-state index in [0.717, 1.165) is 12.1 Å². The Kier molecular flexibility index (Phi) is 5.64. The van der Waals surface area contributed by atoms with Gasteiger partial charge in [-0.1, -0.05) is 12.1 Å². The van der Waals surface area contributed by atoms with Crippen LogP contribution in [0.15, 0.2) is 41.3 Å². The van der Waals surface area contributed by atoms with Crippen LogP contribution in [0.1, 0.15) is 22.3 Å². The molecule has 0 saturated heterocycles. The number of hydrogen-bond donors (Lipinski definition) is 2. The third kappa shape index (κ3) is 4.90. The number of amides is 1. The summed E-state index contributed by atoms with van der Waals surface area (Å²) in [5.41, 5.74) is 1.26. The summed E-state index contributed by atoms with van der Waals surface area (Å²) in [7, 11) is 0. The third-order valence-corrected chi connectivity index (χ3v) is 4.56. The fraction of sp³-hybridized carbons (Fsp3) is 0.235. The van der Waals surface area contributed by atoms with E-state index >= 15 is 0 Å². The molecule has 0 aliphatic heterocycles. The molecule has 25 heavy (non-hydrogen) atoms. The molecule has 2 aromatic rings. The van der Waals surface area contributed by atoms with Gasteiger partial charge in [-0.25, -0.2) is 4.21 Å². The highest BCUT2D eigenvalue weighted by atomic mass is 32.2. The number of alkyl halides is 3. The second kappa shape index (κ2) is 7.37. The van der Waals surface area contributed by atoms with Crippen molar-refractivity contribution in [3.05, 3.63) is 58.7 Å². The molecule has 0 heterocycles. The lowest BCUT2D eigenvalue weighted by Gasteiger charge is -2.11. The zero-order chi connectivity index (χ0) is 18.8. The molecular weight excluding hydrogens is 355 g/mol. The highest BCUT2D eigenvalue weighted by Gasteiger charge is 2.29. The van der Waals surface area contributed by atoms with E-state index in [2.05, 4.69) is 5.32 Å². The molecule has 134 valence electrons. The highest BCUT2D eigenvalue weighted by molar-refractivity contribution is 7.79. The smallest absolute Gasteiger partial charge is 0.326 e. The van der Waals surface area contributed by atoms with Crippen molar-refractivity contribution in [2.24, 2.45) is 0 Å². The lowest BCUT2D eigenvalue weighted by molar-refractivity contribution is -0.137. The van der Waals surface area contributed by atoms with Crippen LogP contribution in [0, 0.1) is 13.8 Å². The Balaban J connectivity index is 2.09. The first-order valence-electron chi connectivity index (χ1n) is 7.26. The number of nitrogens with one attached hydrogen (secondary N) is 1. The molecule has 0 aromatic heterocycles. The minimum atomic E-state index is -4.41. The predicted molar refractivity (Wildman–Crippen MR) is 88.7 cm³/mol. The van der Waals surface area contributed by atoms with Crippen molar-refractivity contribution in [3.63, 3.8) is 0 Å². The molecule has 0 aliphatic carbocycles. The van der Waals surface area contributed by atoms with Crippen molar-refractivity contribution in [2.45, 2.75) is 31.3 Å². The quantitative estimate of drug-likeness (QED) is 0.796. The lowest BCUT2D eigenvalue weighted by Crippen LogP contribution is -2.15. The Labute approximate surface area is 145 Å². The Bertz CT molecular complexity index is 794. The maximum absolute atomic E-state index is 12.5. The topological polar surface area (TPSA) is 66.4 Å². The monoisotopic (exact) mass is 371 g/mol. The molecule has 0 bridgehead atoms. The summed E-state index contributed by atoms with van der Waals surface area (Å²) in [5.74, 6) is -0.392. The SMILES string of the molecule is Cc1cc(NC(=O)Cc2ccc(C(F)(F)F)cc2)cc(C)c1S(=O)O. The van der Waals surface area contributed by atoms with Crippen LogP contribution in [-0.4, -0.2) is 14.7 Å². The molecule has 1 amide bonds. The minimum absolute atomic E-state index is 0.0795. The Hall–Kier alpha value is -2.19. The normalized spacial score (nSPS) is 12.7. The van der Waals surface area contributed by atoms with Crippen molar-refractivity contribution >= 4 is 22.7 Å². The minimum Gasteiger partial charge on any atom is -0.326 e. The average Bonchev–Trinajstić information content (AvgIpc) is 2.45. The fourth-order valence-electron chi connectivity index (χ4n) is 2.50. The maximum Gasteiger partial charge on any atom is 0.416 e. The van der Waals surface area contributed by atoms with Crippen LogP contribution in [0.5, 0.6) is 0 Å². The van der Waals surface area contributed by atoms with E-state index in [-0.39, 0.29) is 6.42 Å². The van der Waals surface area contributed by atoms with Gasteiger partial charge in [0, 0.05) is 5.69 Å². The van der Waals surface area contributed by atoms with E-state index in [1.54, 1.807) is 26.0 Å². The van der Waals surface area contributed by atoms with Crippen LogP contribution in [0.4, 0.5) is 18.9 Å². The largest absolute Gasteiger partial charge is 0.416 e. The number of anilines is 1. The number of carbonyl (C=O) groups excluding carboxylic acids is 1. The second-order valence-electron chi connectivity index (χ2n) is 5.61. The van der Waals surface area contributed by atoms with Gasteiger partial charge in [0.1, 0.15) is 0 Å². The van der Waals surface area contributed by atoms with Crippen LogP contribution < -0.4 is 5.32 Å². The van der Waals surface area contributed by atoms with E-state index in [1.165, 1.54) is 12.1 Å². The molecule has 2 aromatic carbocycles. The summed E-state index contributed by atoms with van der Waals surface area (Å²) in [4.78, 5) is 12.4. The van der Waals surface area contributed by atoms with Crippen LogP contribution in [0.25, 0.3) is 0 Å². The van der Waals surface area contributed by atoms with Crippen LogP contribution in [-0.2, 0) is 28.5 Å². The zero-order valence-corrected chi connectivity index (χ0v) is 14.3. The summed E-state index contributed by atoms with van der Waals surface area (Å²) in [6, 6.07) is 7.53. The maximum atomic E-state index is 12.5. The van der Waals surface area contributed by atoms with Crippen LogP contribution >= 0.6 is 0 Å². The molecule has 1 unspecified atom stereocenters. The molecule has 0 fully saturated rings. The van der Waals surface area contributed by atoms with Crippen molar-refractivity contribution in [3.8, 4) is 0 Å². The molecule has 2 N–H and O–H groups in total. The molecular formula is C17H16F3NO3S. The lowest BCUT2D eigenvalue weighted by atomic mass is 10.1. The van der Waals surface area contributed by atoms with Crippen molar-refractivity contribution in [1.82, 2.24) is 0 Å². The van der Waals surface area contributed by atoms with Gasteiger partial charge >= 0.3 is 6.18 Å². The summed E-state index contributed by atoms with van der Waals surface area (Å²) in [6.45, 7) is 3.31.